The number of benzene rings is 1. The summed E-state index contributed by atoms with van der Waals surface area (Å²) in [7, 11) is 0. The molecule has 0 radical (unpaired) electrons. The molecule has 1 saturated carbocycles. The van der Waals surface area contributed by atoms with Gasteiger partial charge < -0.3 is 15.3 Å². The highest BCUT2D eigenvalue weighted by molar-refractivity contribution is 5.66. The van der Waals surface area contributed by atoms with Crippen molar-refractivity contribution < 1.29 is 14.3 Å². The molecule has 30 heavy (non-hydrogen) atoms. The van der Waals surface area contributed by atoms with Crippen LogP contribution in [0.1, 0.15) is 64.9 Å². The first-order valence-electron chi connectivity index (χ1n) is 10.9. The molecule has 1 aliphatic heterocycles. The van der Waals surface area contributed by atoms with Crippen LogP contribution in [-0.2, 0) is 0 Å². The predicted molar refractivity (Wildman–Crippen MR) is 115 cm³/mol. The van der Waals surface area contributed by atoms with Gasteiger partial charge in [0.05, 0.1) is 11.6 Å². The molecule has 1 aliphatic carbocycles. The zero-order valence-electron chi connectivity index (χ0n) is 18.2. The van der Waals surface area contributed by atoms with Crippen molar-refractivity contribution in [1.29, 1.82) is 5.26 Å². The Bertz CT molecular complexity index is 801. The molecule has 1 saturated heterocycles. The van der Waals surface area contributed by atoms with Gasteiger partial charge in [0.1, 0.15) is 11.9 Å². The number of carbonyl (C=O) groups is 1. The molecule has 0 bridgehead atoms. The number of anilines is 1. The van der Waals surface area contributed by atoms with Crippen molar-refractivity contribution in [2.75, 3.05) is 18.0 Å². The van der Waals surface area contributed by atoms with Crippen molar-refractivity contribution in [2.45, 2.75) is 83.0 Å². The third-order valence-electron chi connectivity index (χ3n) is 6.30. The van der Waals surface area contributed by atoms with Gasteiger partial charge in [0.15, 0.2) is 0 Å². The van der Waals surface area contributed by atoms with Gasteiger partial charge in [0.25, 0.3) is 0 Å². The molecule has 2 N–H and O–H groups in total. The van der Waals surface area contributed by atoms with Crippen LogP contribution in [0.15, 0.2) is 18.2 Å². The lowest BCUT2D eigenvalue weighted by molar-refractivity contribution is 0.0398. The standard InChI is InChI=1S/C23H33FN4O2/c1-23(2,3)28(22(29)30)21-9-5-4-8-20(21)26-17-7-6-12-27(15-17)18-11-10-16(14-25)19(24)13-18/h10-11,13,17,20-21,26H,4-9,12,15H2,1-3H3,(H,29,30)/t17?,20-,21-/m1/s1. The van der Waals surface area contributed by atoms with Crippen molar-refractivity contribution in [3.63, 3.8) is 0 Å². The minimum atomic E-state index is -0.862. The summed E-state index contributed by atoms with van der Waals surface area (Å²) < 4.78 is 14.1. The number of nitrogens with one attached hydrogen (secondary N) is 1. The molecule has 164 valence electrons. The minimum absolute atomic E-state index is 0.0426. The number of nitrogens with zero attached hydrogens (tertiary/aromatic N) is 3. The first-order valence-corrected chi connectivity index (χ1v) is 10.9. The summed E-state index contributed by atoms with van der Waals surface area (Å²) in [6, 6.07) is 6.95. The monoisotopic (exact) mass is 416 g/mol. The van der Waals surface area contributed by atoms with Crippen LogP contribution in [0.25, 0.3) is 0 Å². The quantitative estimate of drug-likeness (QED) is 0.763. The van der Waals surface area contributed by atoms with Crippen LogP contribution in [0.5, 0.6) is 0 Å². The molecule has 1 aromatic rings. The van der Waals surface area contributed by atoms with E-state index in [-0.39, 0.29) is 23.7 Å². The summed E-state index contributed by atoms with van der Waals surface area (Å²) in [5.74, 6) is -0.486. The average molecular weight is 417 g/mol. The van der Waals surface area contributed by atoms with E-state index in [1.54, 1.807) is 11.0 Å². The van der Waals surface area contributed by atoms with Gasteiger partial charge in [-0.1, -0.05) is 12.8 Å². The van der Waals surface area contributed by atoms with Gasteiger partial charge in [-0.15, -0.1) is 0 Å². The predicted octanol–water partition coefficient (Wildman–Crippen LogP) is 4.35. The number of piperidine rings is 1. The number of hydrogen-bond acceptors (Lipinski definition) is 4. The van der Waals surface area contributed by atoms with Gasteiger partial charge in [-0.05, 0) is 64.7 Å². The molecule has 1 heterocycles. The second-order valence-corrected chi connectivity index (χ2v) is 9.51. The molecule has 1 amide bonds. The third kappa shape index (κ3) is 5.04. The van der Waals surface area contributed by atoms with Crippen LogP contribution in [0.4, 0.5) is 14.9 Å². The Morgan fingerprint density at radius 3 is 2.63 bits per heavy atom. The average Bonchev–Trinajstić information content (AvgIpc) is 2.68. The molecule has 2 aliphatic rings. The molecular formula is C23H33FN4O2. The fourth-order valence-corrected chi connectivity index (χ4v) is 4.98. The molecule has 0 spiro atoms. The van der Waals surface area contributed by atoms with E-state index >= 15 is 0 Å². The van der Waals surface area contributed by atoms with Crippen molar-refractivity contribution in [2.24, 2.45) is 0 Å². The van der Waals surface area contributed by atoms with Gasteiger partial charge in [0, 0.05) is 36.4 Å². The Balaban J connectivity index is 1.72. The van der Waals surface area contributed by atoms with Crippen LogP contribution < -0.4 is 10.2 Å². The zero-order chi connectivity index (χ0) is 21.9. The van der Waals surface area contributed by atoms with E-state index in [9.17, 15) is 14.3 Å². The molecule has 1 unspecified atom stereocenters. The summed E-state index contributed by atoms with van der Waals surface area (Å²) in [5, 5.41) is 22.6. The van der Waals surface area contributed by atoms with E-state index in [0.717, 1.165) is 57.3 Å². The second kappa shape index (κ2) is 9.22. The van der Waals surface area contributed by atoms with E-state index in [4.69, 9.17) is 5.26 Å². The van der Waals surface area contributed by atoms with Gasteiger partial charge in [0.2, 0.25) is 0 Å². The highest BCUT2D eigenvalue weighted by Gasteiger charge is 2.39. The van der Waals surface area contributed by atoms with Crippen molar-refractivity contribution in [3.8, 4) is 6.07 Å². The fourth-order valence-electron chi connectivity index (χ4n) is 4.98. The van der Waals surface area contributed by atoms with Crippen LogP contribution in [0, 0.1) is 17.1 Å². The van der Waals surface area contributed by atoms with Crippen molar-refractivity contribution in [3.05, 3.63) is 29.6 Å². The number of halogens is 1. The third-order valence-corrected chi connectivity index (χ3v) is 6.30. The minimum Gasteiger partial charge on any atom is -0.465 e. The Labute approximate surface area is 178 Å². The Hall–Kier alpha value is -2.33. The summed E-state index contributed by atoms with van der Waals surface area (Å²) in [5.41, 5.74) is 0.401. The van der Waals surface area contributed by atoms with Crippen molar-refractivity contribution >= 4 is 11.8 Å². The van der Waals surface area contributed by atoms with Crippen LogP contribution in [0.2, 0.25) is 0 Å². The molecule has 6 nitrogen and oxygen atoms in total. The number of carboxylic acid groups (broad SMARTS) is 1. The van der Waals surface area contributed by atoms with Crippen LogP contribution in [-0.4, -0.2) is 52.9 Å². The Morgan fingerprint density at radius 1 is 1.27 bits per heavy atom. The van der Waals surface area contributed by atoms with Gasteiger partial charge in [-0.3, -0.25) is 4.90 Å². The summed E-state index contributed by atoms with van der Waals surface area (Å²) in [6.07, 6.45) is 5.12. The lowest BCUT2D eigenvalue weighted by Gasteiger charge is -2.47. The first kappa shape index (κ1) is 22.4. The molecular weight excluding hydrogens is 383 g/mol. The van der Waals surface area contributed by atoms with Crippen LogP contribution >= 0.6 is 0 Å². The lowest BCUT2D eigenvalue weighted by atomic mass is 9.86. The highest BCUT2D eigenvalue weighted by atomic mass is 19.1. The van der Waals surface area contributed by atoms with E-state index in [2.05, 4.69) is 10.2 Å². The molecule has 7 heteroatoms. The van der Waals surface area contributed by atoms with E-state index in [1.807, 2.05) is 26.8 Å². The first-order chi connectivity index (χ1) is 14.2. The van der Waals surface area contributed by atoms with E-state index in [0.29, 0.717) is 0 Å². The molecule has 1 aromatic carbocycles. The maximum atomic E-state index is 14.1. The van der Waals surface area contributed by atoms with Gasteiger partial charge >= 0.3 is 6.09 Å². The van der Waals surface area contributed by atoms with E-state index < -0.39 is 17.4 Å². The maximum Gasteiger partial charge on any atom is 0.408 e. The fraction of sp³-hybridized carbons (Fsp3) is 0.652. The van der Waals surface area contributed by atoms with E-state index in [1.165, 1.54) is 12.1 Å². The number of nitriles is 1. The summed E-state index contributed by atoms with van der Waals surface area (Å²) in [4.78, 5) is 15.8. The largest absolute Gasteiger partial charge is 0.465 e. The number of amides is 1. The lowest BCUT2D eigenvalue weighted by Crippen LogP contribution is -2.62. The normalized spacial score (nSPS) is 24.9. The smallest absolute Gasteiger partial charge is 0.408 e. The molecule has 0 aromatic heterocycles. The maximum absolute atomic E-state index is 14.1. The molecule has 3 rings (SSSR count). The molecule has 3 atom stereocenters. The Morgan fingerprint density at radius 2 is 2.00 bits per heavy atom. The van der Waals surface area contributed by atoms with Crippen LogP contribution in [0.3, 0.4) is 0 Å². The van der Waals surface area contributed by atoms with Gasteiger partial charge in [-0.25, -0.2) is 9.18 Å². The second-order valence-electron chi connectivity index (χ2n) is 9.51. The summed E-state index contributed by atoms with van der Waals surface area (Å²) in [6.45, 7) is 7.45. The van der Waals surface area contributed by atoms with Gasteiger partial charge in [-0.2, -0.15) is 5.26 Å². The number of hydrogen-bond donors (Lipinski definition) is 2. The molecule has 2 fully saturated rings. The Kier molecular flexibility index (Phi) is 6.87. The number of rotatable bonds is 4. The zero-order valence-corrected chi connectivity index (χ0v) is 18.2. The SMILES string of the molecule is CC(C)(C)N(C(=O)O)[C@@H]1CCCC[C@H]1NC1CCCN(c2ccc(C#N)c(F)c2)C1. The van der Waals surface area contributed by atoms with Crippen molar-refractivity contribution in [1.82, 2.24) is 10.2 Å². The highest BCUT2D eigenvalue weighted by Crippen LogP contribution is 2.30. The topological polar surface area (TPSA) is 79.6 Å². The summed E-state index contributed by atoms with van der Waals surface area (Å²) >= 11 is 0.